The zero-order valence-corrected chi connectivity index (χ0v) is 18.3. The normalized spacial score (nSPS) is 14.3. The van der Waals surface area contributed by atoms with E-state index in [2.05, 4.69) is 0 Å². The van der Waals surface area contributed by atoms with Crippen molar-refractivity contribution in [1.29, 1.82) is 0 Å². The molecular formula is C27H26F3NO2. The van der Waals surface area contributed by atoms with E-state index >= 15 is 0 Å². The lowest BCUT2D eigenvalue weighted by molar-refractivity contribution is -0.134. The number of benzene rings is 3. The SMILES string of the molecule is O=C(COc1c(F)cccc1-c1ccccc1)N1CCC(CCc2cc(F)cc(F)c2)CC1. The van der Waals surface area contributed by atoms with Crippen molar-refractivity contribution in [3.63, 3.8) is 0 Å². The van der Waals surface area contributed by atoms with E-state index in [1.165, 1.54) is 18.2 Å². The lowest BCUT2D eigenvalue weighted by atomic mass is 9.90. The van der Waals surface area contributed by atoms with Crippen molar-refractivity contribution < 1.29 is 22.7 Å². The molecule has 1 aliphatic heterocycles. The van der Waals surface area contributed by atoms with Crippen LogP contribution in [0.5, 0.6) is 5.75 Å². The van der Waals surface area contributed by atoms with Gasteiger partial charge in [0.25, 0.3) is 5.91 Å². The maximum absolute atomic E-state index is 14.5. The molecule has 3 nitrogen and oxygen atoms in total. The minimum atomic E-state index is -0.560. The van der Waals surface area contributed by atoms with E-state index in [0.29, 0.717) is 36.6 Å². The molecular weight excluding hydrogens is 427 g/mol. The summed E-state index contributed by atoms with van der Waals surface area (Å²) in [5, 5.41) is 0. The molecule has 0 bridgehead atoms. The van der Waals surface area contributed by atoms with Gasteiger partial charge in [0, 0.05) is 24.7 Å². The molecule has 0 N–H and O–H groups in total. The number of aryl methyl sites for hydroxylation is 1. The molecule has 6 heteroatoms. The average Bonchev–Trinajstić information content (AvgIpc) is 2.82. The third-order valence-electron chi connectivity index (χ3n) is 6.12. The second kappa shape index (κ2) is 10.6. The van der Waals surface area contributed by atoms with Gasteiger partial charge in [-0.1, -0.05) is 42.5 Å². The first-order valence-electron chi connectivity index (χ1n) is 11.2. The van der Waals surface area contributed by atoms with Gasteiger partial charge in [-0.15, -0.1) is 0 Å². The highest BCUT2D eigenvalue weighted by Gasteiger charge is 2.24. The average molecular weight is 454 g/mol. The maximum Gasteiger partial charge on any atom is 0.260 e. The van der Waals surface area contributed by atoms with Crippen molar-refractivity contribution in [3.8, 4) is 16.9 Å². The Morgan fingerprint density at radius 1 is 0.909 bits per heavy atom. The van der Waals surface area contributed by atoms with Crippen molar-refractivity contribution >= 4 is 5.91 Å². The molecule has 33 heavy (non-hydrogen) atoms. The van der Waals surface area contributed by atoms with Crippen LogP contribution in [0.1, 0.15) is 24.8 Å². The topological polar surface area (TPSA) is 29.5 Å². The number of carbonyl (C=O) groups excluding carboxylic acids is 1. The van der Waals surface area contributed by atoms with Crippen molar-refractivity contribution in [2.75, 3.05) is 19.7 Å². The number of piperidine rings is 1. The van der Waals surface area contributed by atoms with E-state index in [-0.39, 0.29) is 18.3 Å². The number of likely N-dealkylation sites (tertiary alicyclic amines) is 1. The Balaban J connectivity index is 1.29. The molecule has 1 amide bonds. The van der Waals surface area contributed by atoms with Crippen LogP contribution in [0.15, 0.2) is 66.7 Å². The zero-order valence-electron chi connectivity index (χ0n) is 18.3. The quantitative estimate of drug-likeness (QED) is 0.438. The number of hydrogen-bond acceptors (Lipinski definition) is 2. The van der Waals surface area contributed by atoms with Crippen molar-refractivity contribution in [3.05, 3.63) is 89.7 Å². The molecule has 3 aromatic carbocycles. The van der Waals surface area contributed by atoms with E-state index in [9.17, 15) is 18.0 Å². The highest BCUT2D eigenvalue weighted by Crippen LogP contribution is 2.32. The van der Waals surface area contributed by atoms with Crippen LogP contribution in [0.25, 0.3) is 11.1 Å². The maximum atomic E-state index is 14.5. The van der Waals surface area contributed by atoms with Crippen molar-refractivity contribution in [2.24, 2.45) is 5.92 Å². The molecule has 0 radical (unpaired) electrons. The lowest BCUT2D eigenvalue weighted by Gasteiger charge is -2.32. The molecule has 0 unspecified atom stereocenters. The Bertz CT molecular complexity index is 1080. The molecule has 4 rings (SSSR count). The second-order valence-corrected chi connectivity index (χ2v) is 8.41. The van der Waals surface area contributed by atoms with Gasteiger partial charge in [0.2, 0.25) is 0 Å². The third kappa shape index (κ3) is 5.95. The van der Waals surface area contributed by atoms with Crippen LogP contribution in [0.3, 0.4) is 0 Å². The molecule has 0 aliphatic carbocycles. The summed E-state index contributed by atoms with van der Waals surface area (Å²) >= 11 is 0. The molecule has 0 aromatic heterocycles. The summed E-state index contributed by atoms with van der Waals surface area (Å²) in [6.07, 6.45) is 3.06. The second-order valence-electron chi connectivity index (χ2n) is 8.41. The number of nitrogens with zero attached hydrogens (tertiary/aromatic N) is 1. The first kappa shape index (κ1) is 22.9. The summed E-state index contributed by atoms with van der Waals surface area (Å²) in [5.41, 5.74) is 2.08. The Morgan fingerprint density at radius 2 is 1.61 bits per heavy atom. The third-order valence-corrected chi connectivity index (χ3v) is 6.12. The number of carbonyl (C=O) groups is 1. The number of amides is 1. The van der Waals surface area contributed by atoms with Gasteiger partial charge in [0.15, 0.2) is 18.2 Å². The summed E-state index contributed by atoms with van der Waals surface area (Å²) in [5.74, 6) is -1.34. The molecule has 172 valence electrons. The molecule has 0 saturated carbocycles. The van der Waals surface area contributed by atoms with Crippen molar-refractivity contribution in [1.82, 2.24) is 4.90 Å². The first-order valence-corrected chi connectivity index (χ1v) is 11.2. The predicted octanol–water partition coefficient (Wildman–Crippen LogP) is 6.02. The fourth-order valence-corrected chi connectivity index (χ4v) is 4.32. The molecule has 1 saturated heterocycles. The minimum absolute atomic E-state index is 0.0780. The Kier molecular flexibility index (Phi) is 7.33. The Hall–Kier alpha value is -3.28. The number of halogens is 3. The molecule has 1 aliphatic rings. The fraction of sp³-hybridized carbons (Fsp3) is 0.296. The molecule has 3 aromatic rings. The van der Waals surface area contributed by atoms with Gasteiger partial charge in [-0.05, 0) is 60.9 Å². The van der Waals surface area contributed by atoms with Gasteiger partial charge >= 0.3 is 0 Å². The predicted molar refractivity (Wildman–Crippen MR) is 121 cm³/mol. The summed E-state index contributed by atoms with van der Waals surface area (Å²) in [4.78, 5) is 14.4. The van der Waals surface area contributed by atoms with Crippen LogP contribution >= 0.6 is 0 Å². The number of hydrogen-bond donors (Lipinski definition) is 0. The van der Waals surface area contributed by atoms with Gasteiger partial charge in [-0.25, -0.2) is 13.2 Å². The summed E-state index contributed by atoms with van der Waals surface area (Å²) < 4.78 is 46.8. The molecule has 0 atom stereocenters. The van der Waals surface area contributed by atoms with Gasteiger partial charge < -0.3 is 9.64 Å². The van der Waals surface area contributed by atoms with E-state index in [1.807, 2.05) is 30.3 Å². The van der Waals surface area contributed by atoms with Crippen molar-refractivity contribution in [2.45, 2.75) is 25.7 Å². The zero-order chi connectivity index (χ0) is 23.2. The monoisotopic (exact) mass is 453 g/mol. The largest absolute Gasteiger partial charge is 0.480 e. The summed E-state index contributed by atoms with van der Waals surface area (Å²) in [7, 11) is 0. The van der Waals surface area contributed by atoms with Crippen LogP contribution in [-0.2, 0) is 11.2 Å². The Morgan fingerprint density at radius 3 is 2.30 bits per heavy atom. The standard InChI is InChI=1S/C27H26F3NO2/c28-22-15-20(16-23(29)17-22)10-9-19-11-13-31(14-12-19)26(32)18-33-27-24(7-4-8-25(27)30)21-5-2-1-3-6-21/h1-8,15-17,19H,9-14,18H2. The molecule has 1 heterocycles. The summed E-state index contributed by atoms with van der Waals surface area (Å²) in [6, 6.07) is 17.7. The van der Waals surface area contributed by atoms with Crippen LogP contribution < -0.4 is 4.74 Å². The van der Waals surface area contributed by atoms with Gasteiger partial charge in [0.1, 0.15) is 11.6 Å². The number of rotatable bonds is 7. The number of para-hydroxylation sites is 1. The van der Waals surface area contributed by atoms with Crippen LogP contribution in [0, 0.1) is 23.4 Å². The summed E-state index contributed by atoms with van der Waals surface area (Å²) in [6.45, 7) is 0.953. The molecule has 1 fully saturated rings. The van der Waals surface area contributed by atoms with E-state index < -0.39 is 17.5 Å². The highest BCUT2D eigenvalue weighted by molar-refractivity contribution is 5.78. The van der Waals surface area contributed by atoms with E-state index in [4.69, 9.17) is 4.74 Å². The number of ether oxygens (including phenoxy) is 1. The van der Waals surface area contributed by atoms with E-state index in [1.54, 1.807) is 17.0 Å². The lowest BCUT2D eigenvalue weighted by Crippen LogP contribution is -2.41. The minimum Gasteiger partial charge on any atom is -0.480 e. The van der Waals surface area contributed by atoms with Crippen LogP contribution in [0.2, 0.25) is 0 Å². The Labute approximate surface area is 191 Å². The van der Waals surface area contributed by atoms with E-state index in [0.717, 1.165) is 30.9 Å². The smallest absolute Gasteiger partial charge is 0.260 e. The first-order chi connectivity index (χ1) is 16.0. The highest BCUT2D eigenvalue weighted by atomic mass is 19.1. The molecule has 0 spiro atoms. The van der Waals surface area contributed by atoms with Crippen LogP contribution in [-0.4, -0.2) is 30.5 Å². The van der Waals surface area contributed by atoms with Gasteiger partial charge in [-0.2, -0.15) is 0 Å². The fourth-order valence-electron chi connectivity index (χ4n) is 4.32. The van der Waals surface area contributed by atoms with Gasteiger partial charge in [-0.3, -0.25) is 4.79 Å². The van der Waals surface area contributed by atoms with Crippen LogP contribution in [0.4, 0.5) is 13.2 Å². The van der Waals surface area contributed by atoms with Gasteiger partial charge in [0.05, 0.1) is 0 Å².